The van der Waals surface area contributed by atoms with E-state index < -0.39 is 12.0 Å². The fourth-order valence-corrected chi connectivity index (χ4v) is 2.00. The molecule has 0 spiro atoms. The zero-order valence-corrected chi connectivity index (χ0v) is 9.89. The van der Waals surface area contributed by atoms with Crippen LogP contribution in [0.1, 0.15) is 5.56 Å². The number of benzene rings is 1. The van der Waals surface area contributed by atoms with Crippen molar-refractivity contribution in [2.45, 2.75) is 12.5 Å². The summed E-state index contributed by atoms with van der Waals surface area (Å²) in [5, 5.41) is 0. The van der Waals surface area contributed by atoms with Gasteiger partial charge in [-0.1, -0.05) is 30.3 Å². The van der Waals surface area contributed by atoms with Gasteiger partial charge in [0.2, 0.25) is 5.91 Å². The largest absolute Gasteiger partial charge is 0.447 e. The van der Waals surface area contributed by atoms with Crippen molar-refractivity contribution >= 4 is 23.6 Å². The highest BCUT2D eigenvalue weighted by atomic mass is 35.5. The maximum Gasteiger partial charge on any atom is 0.417 e. The standard InChI is InChI=1S/C12H12ClNO3/c13-7-11(15)14-10(8-17-12(14)16)6-9-4-2-1-3-5-9/h1-5,10H,6-8H2/t10-/m0/s1. The highest BCUT2D eigenvalue weighted by molar-refractivity contribution is 6.28. The molecule has 5 heteroatoms. The molecule has 1 fully saturated rings. The molecule has 1 atom stereocenters. The molecule has 2 rings (SSSR count). The van der Waals surface area contributed by atoms with Crippen LogP contribution in [0.2, 0.25) is 0 Å². The van der Waals surface area contributed by atoms with Crippen molar-refractivity contribution in [3.63, 3.8) is 0 Å². The number of carbonyl (C=O) groups excluding carboxylic acids is 2. The molecule has 0 aromatic heterocycles. The molecule has 90 valence electrons. The van der Waals surface area contributed by atoms with Crippen LogP contribution in [0, 0.1) is 0 Å². The zero-order valence-electron chi connectivity index (χ0n) is 9.14. The van der Waals surface area contributed by atoms with Crippen LogP contribution in [0.5, 0.6) is 0 Å². The normalized spacial score (nSPS) is 19.2. The topological polar surface area (TPSA) is 46.6 Å². The summed E-state index contributed by atoms with van der Waals surface area (Å²) in [6.45, 7) is 0.232. The van der Waals surface area contributed by atoms with Crippen LogP contribution in [-0.4, -0.2) is 35.4 Å². The van der Waals surface area contributed by atoms with E-state index >= 15 is 0 Å². The number of cyclic esters (lactones) is 1. The van der Waals surface area contributed by atoms with E-state index in [0.717, 1.165) is 10.5 Å². The van der Waals surface area contributed by atoms with Gasteiger partial charge in [-0.3, -0.25) is 4.79 Å². The lowest BCUT2D eigenvalue weighted by atomic mass is 10.1. The first-order valence-electron chi connectivity index (χ1n) is 5.31. The van der Waals surface area contributed by atoms with Gasteiger partial charge in [-0.25, -0.2) is 9.69 Å². The van der Waals surface area contributed by atoms with Crippen LogP contribution >= 0.6 is 11.6 Å². The molecule has 0 radical (unpaired) electrons. The molecule has 17 heavy (non-hydrogen) atoms. The first kappa shape index (κ1) is 11.9. The second kappa shape index (κ2) is 5.19. The van der Waals surface area contributed by atoms with Gasteiger partial charge in [0.15, 0.2) is 0 Å². The minimum Gasteiger partial charge on any atom is -0.447 e. The molecule has 1 aliphatic heterocycles. The van der Waals surface area contributed by atoms with Gasteiger partial charge in [0.05, 0.1) is 6.04 Å². The van der Waals surface area contributed by atoms with E-state index in [1.165, 1.54) is 0 Å². The first-order valence-corrected chi connectivity index (χ1v) is 5.84. The minimum atomic E-state index is -0.600. The van der Waals surface area contributed by atoms with Crippen LogP contribution < -0.4 is 0 Å². The van der Waals surface area contributed by atoms with Gasteiger partial charge in [0.25, 0.3) is 0 Å². The van der Waals surface area contributed by atoms with E-state index in [-0.39, 0.29) is 18.5 Å². The van der Waals surface area contributed by atoms with Gasteiger partial charge in [0, 0.05) is 0 Å². The van der Waals surface area contributed by atoms with Gasteiger partial charge >= 0.3 is 6.09 Å². The molecule has 0 bridgehead atoms. The summed E-state index contributed by atoms with van der Waals surface area (Å²) in [4.78, 5) is 24.0. The third kappa shape index (κ3) is 2.58. The van der Waals surface area contributed by atoms with E-state index in [9.17, 15) is 9.59 Å². The van der Waals surface area contributed by atoms with Crippen molar-refractivity contribution in [3.05, 3.63) is 35.9 Å². The average Bonchev–Trinajstić information content (AvgIpc) is 2.71. The Morgan fingerprint density at radius 3 is 2.76 bits per heavy atom. The second-order valence-electron chi connectivity index (χ2n) is 3.82. The highest BCUT2D eigenvalue weighted by Crippen LogP contribution is 2.17. The molecule has 0 unspecified atom stereocenters. The summed E-state index contributed by atoms with van der Waals surface area (Å²) in [7, 11) is 0. The molecule has 1 aromatic rings. The Morgan fingerprint density at radius 1 is 1.41 bits per heavy atom. The Morgan fingerprint density at radius 2 is 2.12 bits per heavy atom. The highest BCUT2D eigenvalue weighted by Gasteiger charge is 2.37. The lowest BCUT2D eigenvalue weighted by molar-refractivity contribution is -0.126. The average molecular weight is 254 g/mol. The summed E-state index contributed by atoms with van der Waals surface area (Å²) in [5.74, 6) is -0.615. The Hall–Kier alpha value is -1.55. The van der Waals surface area contributed by atoms with Crippen LogP contribution in [-0.2, 0) is 16.0 Å². The summed E-state index contributed by atoms with van der Waals surface area (Å²) in [6, 6.07) is 9.40. The number of imide groups is 1. The first-order chi connectivity index (χ1) is 8.22. The number of rotatable bonds is 3. The molecule has 0 saturated carbocycles. The Kier molecular flexibility index (Phi) is 3.64. The quantitative estimate of drug-likeness (QED) is 0.772. The lowest BCUT2D eigenvalue weighted by Crippen LogP contribution is -2.40. The number of carbonyl (C=O) groups is 2. The third-order valence-electron chi connectivity index (χ3n) is 2.66. The smallest absolute Gasteiger partial charge is 0.417 e. The Labute approximate surface area is 104 Å². The molecule has 2 amide bonds. The lowest BCUT2D eigenvalue weighted by Gasteiger charge is -2.18. The zero-order chi connectivity index (χ0) is 12.3. The van der Waals surface area contributed by atoms with Crippen molar-refractivity contribution in [2.24, 2.45) is 0 Å². The predicted molar refractivity (Wildman–Crippen MR) is 62.8 cm³/mol. The molecule has 4 nitrogen and oxygen atoms in total. The summed E-state index contributed by atoms with van der Waals surface area (Å²) in [5.41, 5.74) is 1.06. The molecule has 1 heterocycles. The number of alkyl halides is 1. The van der Waals surface area contributed by atoms with E-state index in [0.29, 0.717) is 6.42 Å². The van der Waals surface area contributed by atoms with Crippen molar-refractivity contribution in [3.8, 4) is 0 Å². The maximum atomic E-state index is 11.5. The van der Waals surface area contributed by atoms with Crippen molar-refractivity contribution < 1.29 is 14.3 Å². The van der Waals surface area contributed by atoms with Crippen molar-refractivity contribution in [1.29, 1.82) is 0 Å². The van der Waals surface area contributed by atoms with Crippen LogP contribution in [0.3, 0.4) is 0 Å². The van der Waals surface area contributed by atoms with Gasteiger partial charge in [-0.15, -0.1) is 11.6 Å². The molecule has 1 aromatic carbocycles. The summed E-state index contributed by atoms with van der Waals surface area (Å²) >= 11 is 5.47. The Bertz CT molecular complexity index is 421. The summed E-state index contributed by atoms with van der Waals surface area (Å²) in [6.07, 6.45) is -0.00792. The van der Waals surface area contributed by atoms with Gasteiger partial charge in [-0.05, 0) is 12.0 Å². The Balaban J connectivity index is 2.10. The molecular weight excluding hydrogens is 242 g/mol. The number of hydrogen-bond donors (Lipinski definition) is 0. The number of ether oxygens (including phenoxy) is 1. The fraction of sp³-hybridized carbons (Fsp3) is 0.333. The summed E-state index contributed by atoms with van der Waals surface area (Å²) < 4.78 is 4.88. The number of hydrogen-bond acceptors (Lipinski definition) is 3. The van der Waals surface area contributed by atoms with Crippen LogP contribution in [0.15, 0.2) is 30.3 Å². The SMILES string of the molecule is O=C(CCl)N1C(=O)OC[C@@H]1Cc1ccccc1. The molecule has 0 aliphatic carbocycles. The van der Waals surface area contributed by atoms with E-state index in [1.54, 1.807) is 0 Å². The van der Waals surface area contributed by atoms with Crippen LogP contribution in [0.4, 0.5) is 4.79 Å². The van der Waals surface area contributed by atoms with Crippen molar-refractivity contribution in [2.75, 3.05) is 12.5 Å². The third-order valence-corrected chi connectivity index (χ3v) is 2.89. The van der Waals surface area contributed by atoms with Gasteiger partial charge in [0.1, 0.15) is 12.5 Å². The van der Waals surface area contributed by atoms with E-state index in [4.69, 9.17) is 16.3 Å². The predicted octanol–water partition coefficient (Wildman–Crippen LogP) is 1.82. The second-order valence-corrected chi connectivity index (χ2v) is 4.09. The minimum absolute atomic E-state index is 0.208. The molecule has 1 saturated heterocycles. The maximum absolute atomic E-state index is 11.5. The molecular formula is C12H12ClNO3. The molecule has 1 aliphatic rings. The number of amides is 2. The van der Waals surface area contributed by atoms with E-state index in [2.05, 4.69) is 0 Å². The number of nitrogens with zero attached hydrogens (tertiary/aromatic N) is 1. The van der Waals surface area contributed by atoms with Crippen LogP contribution in [0.25, 0.3) is 0 Å². The monoisotopic (exact) mass is 253 g/mol. The van der Waals surface area contributed by atoms with Gasteiger partial charge in [-0.2, -0.15) is 0 Å². The number of halogens is 1. The van der Waals surface area contributed by atoms with Crippen molar-refractivity contribution in [1.82, 2.24) is 4.90 Å². The fourth-order valence-electron chi connectivity index (χ4n) is 1.87. The molecule has 0 N–H and O–H groups in total. The van der Waals surface area contributed by atoms with E-state index in [1.807, 2.05) is 30.3 Å². The van der Waals surface area contributed by atoms with Gasteiger partial charge < -0.3 is 4.74 Å².